The number of rotatable bonds is 5. The number of carbonyl (C=O) groups excluding carboxylic acids is 1. The maximum absolute atomic E-state index is 12.3. The first-order valence-electron chi connectivity index (χ1n) is 8.03. The molecule has 1 heterocycles. The van der Waals surface area contributed by atoms with Crippen molar-refractivity contribution in [2.45, 2.75) is 20.4 Å². The minimum Gasteiger partial charge on any atom is -0.497 e. The third-order valence-electron chi connectivity index (χ3n) is 4.03. The Morgan fingerprint density at radius 1 is 1.12 bits per heavy atom. The number of carbonyl (C=O) groups is 1. The quantitative estimate of drug-likeness (QED) is 0.742. The van der Waals surface area contributed by atoms with Gasteiger partial charge >= 0.3 is 0 Å². The highest BCUT2D eigenvalue weighted by atomic mass is 32.1. The van der Waals surface area contributed by atoms with Gasteiger partial charge in [-0.25, -0.2) is 4.98 Å². The van der Waals surface area contributed by atoms with E-state index in [0.29, 0.717) is 12.1 Å². The molecule has 0 unspecified atom stereocenters. The monoisotopic (exact) mass is 352 g/mol. The number of aromatic nitrogens is 1. The SMILES string of the molecule is COc1ccc(C(=O)NCc2sc(-c3ccccc3C)nc2C)cc1. The van der Waals surface area contributed by atoms with Crippen LogP contribution in [-0.2, 0) is 6.54 Å². The number of methoxy groups -OCH3 is 1. The minimum absolute atomic E-state index is 0.104. The van der Waals surface area contributed by atoms with Crippen LogP contribution in [0.2, 0.25) is 0 Å². The molecule has 25 heavy (non-hydrogen) atoms. The molecule has 128 valence electrons. The number of nitrogens with zero attached hydrogens (tertiary/aromatic N) is 1. The number of benzene rings is 2. The van der Waals surface area contributed by atoms with Crippen LogP contribution in [-0.4, -0.2) is 18.0 Å². The van der Waals surface area contributed by atoms with Crippen LogP contribution < -0.4 is 10.1 Å². The predicted octanol–water partition coefficient (Wildman–Crippen LogP) is 4.37. The van der Waals surface area contributed by atoms with Crippen molar-refractivity contribution in [3.05, 3.63) is 70.2 Å². The lowest BCUT2D eigenvalue weighted by Crippen LogP contribution is -2.22. The van der Waals surface area contributed by atoms with Gasteiger partial charge in [0.05, 0.1) is 19.3 Å². The number of ether oxygens (including phenoxy) is 1. The number of amides is 1. The lowest BCUT2D eigenvalue weighted by atomic mass is 10.1. The van der Waals surface area contributed by atoms with Crippen LogP contribution in [0.4, 0.5) is 0 Å². The molecular weight excluding hydrogens is 332 g/mol. The number of nitrogens with one attached hydrogen (secondary N) is 1. The lowest BCUT2D eigenvalue weighted by molar-refractivity contribution is 0.0951. The van der Waals surface area contributed by atoms with Gasteiger partial charge in [0.1, 0.15) is 10.8 Å². The van der Waals surface area contributed by atoms with Crippen molar-refractivity contribution in [1.82, 2.24) is 10.3 Å². The Labute approximate surface area is 151 Å². The summed E-state index contributed by atoms with van der Waals surface area (Å²) < 4.78 is 5.11. The summed E-state index contributed by atoms with van der Waals surface area (Å²) in [4.78, 5) is 18.0. The summed E-state index contributed by atoms with van der Waals surface area (Å²) in [6.45, 7) is 4.53. The molecule has 1 aromatic heterocycles. The normalized spacial score (nSPS) is 10.5. The van der Waals surface area contributed by atoms with Gasteiger partial charge in [-0.2, -0.15) is 0 Å². The molecule has 0 radical (unpaired) electrons. The van der Waals surface area contributed by atoms with Gasteiger partial charge in [0.25, 0.3) is 5.91 Å². The molecule has 5 heteroatoms. The summed E-state index contributed by atoms with van der Waals surface area (Å²) in [7, 11) is 1.60. The smallest absolute Gasteiger partial charge is 0.251 e. The number of aryl methyl sites for hydroxylation is 2. The van der Waals surface area contributed by atoms with E-state index in [1.54, 1.807) is 42.7 Å². The molecule has 0 saturated carbocycles. The second-order valence-electron chi connectivity index (χ2n) is 5.75. The van der Waals surface area contributed by atoms with Gasteiger partial charge in [0.2, 0.25) is 0 Å². The Kier molecular flexibility index (Phi) is 5.14. The molecule has 0 atom stereocenters. The van der Waals surface area contributed by atoms with Crippen molar-refractivity contribution in [2.24, 2.45) is 0 Å². The Morgan fingerprint density at radius 2 is 1.84 bits per heavy atom. The van der Waals surface area contributed by atoms with E-state index in [4.69, 9.17) is 4.74 Å². The predicted molar refractivity (Wildman–Crippen MR) is 101 cm³/mol. The van der Waals surface area contributed by atoms with Gasteiger partial charge in [0, 0.05) is 16.0 Å². The van der Waals surface area contributed by atoms with Crippen LogP contribution in [0.5, 0.6) is 5.75 Å². The zero-order valence-electron chi connectivity index (χ0n) is 14.5. The Bertz CT molecular complexity index is 885. The highest BCUT2D eigenvalue weighted by Crippen LogP contribution is 2.30. The fraction of sp³-hybridized carbons (Fsp3) is 0.200. The summed E-state index contributed by atoms with van der Waals surface area (Å²) in [5.41, 5.74) is 3.91. The maximum atomic E-state index is 12.3. The molecule has 0 aliphatic carbocycles. The third-order valence-corrected chi connectivity index (χ3v) is 5.22. The van der Waals surface area contributed by atoms with Gasteiger partial charge in [-0.15, -0.1) is 11.3 Å². The molecule has 0 aliphatic rings. The van der Waals surface area contributed by atoms with Crippen LogP contribution in [0.15, 0.2) is 48.5 Å². The van der Waals surface area contributed by atoms with E-state index < -0.39 is 0 Å². The summed E-state index contributed by atoms with van der Waals surface area (Å²) in [6.07, 6.45) is 0. The van der Waals surface area contributed by atoms with E-state index in [9.17, 15) is 4.79 Å². The first-order valence-corrected chi connectivity index (χ1v) is 8.84. The minimum atomic E-state index is -0.104. The van der Waals surface area contributed by atoms with Gasteiger partial charge in [-0.3, -0.25) is 4.79 Å². The molecule has 1 N–H and O–H groups in total. The molecule has 2 aromatic carbocycles. The highest BCUT2D eigenvalue weighted by Gasteiger charge is 2.12. The molecule has 0 aliphatic heterocycles. The van der Waals surface area contributed by atoms with Crippen LogP contribution in [0.1, 0.15) is 26.5 Å². The third kappa shape index (κ3) is 3.88. The molecule has 0 spiro atoms. The summed E-state index contributed by atoms with van der Waals surface area (Å²) >= 11 is 1.62. The number of thiazole rings is 1. The average Bonchev–Trinajstić information content (AvgIpc) is 3.00. The van der Waals surface area contributed by atoms with Crippen molar-refractivity contribution in [3.63, 3.8) is 0 Å². The van der Waals surface area contributed by atoms with E-state index in [1.807, 2.05) is 19.1 Å². The Hall–Kier alpha value is -2.66. The molecule has 3 aromatic rings. The van der Waals surface area contributed by atoms with E-state index >= 15 is 0 Å². The van der Waals surface area contributed by atoms with E-state index in [2.05, 4.69) is 29.4 Å². The van der Waals surface area contributed by atoms with Crippen molar-refractivity contribution >= 4 is 17.2 Å². The average molecular weight is 352 g/mol. The summed E-state index contributed by atoms with van der Waals surface area (Å²) in [5.74, 6) is 0.630. The number of hydrogen-bond donors (Lipinski definition) is 1. The molecule has 3 rings (SSSR count). The van der Waals surface area contributed by atoms with Crippen molar-refractivity contribution in [3.8, 4) is 16.3 Å². The zero-order chi connectivity index (χ0) is 17.8. The van der Waals surface area contributed by atoms with Crippen LogP contribution in [0.3, 0.4) is 0 Å². The Morgan fingerprint density at radius 3 is 2.52 bits per heavy atom. The van der Waals surface area contributed by atoms with E-state index in [0.717, 1.165) is 26.9 Å². The molecule has 0 bridgehead atoms. The topological polar surface area (TPSA) is 51.2 Å². The summed E-state index contributed by atoms with van der Waals surface area (Å²) in [5, 5.41) is 3.95. The fourth-order valence-corrected chi connectivity index (χ4v) is 3.62. The standard InChI is InChI=1S/C20H20N2O2S/c1-13-6-4-5-7-17(13)20-22-14(2)18(25-20)12-21-19(23)15-8-10-16(24-3)11-9-15/h4-11H,12H2,1-3H3,(H,21,23). The fourth-order valence-electron chi connectivity index (χ4n) is 2.53. The van der Waals surface area contributed by atoms with E-state index in [-0.39, 0.29) is 5.91 Å². The zero-order valence-corrected chi connectivity index (χ0v) is 15.3. The Balaban J connectivity index is 1.71. The maximum Gasteiger partial charge on any atom is 0.251 e. The second kappa shape index (κ2) is 7.49. The molecule has 4 nitrogen and oxygen atoms in total. The van der Waals surface area contributed by atoms with E-state index in [1.165, 1.54) is 5.56 Å². The molecule has 0 fully saturated rings. The van der Waals surface area contributed by atoms with Gasteiger partial charge in [-0.1, -0.05) is 24.3 Å². The van der Waals surface area contributed by atoms with Crippen LogP contribution in [0, 0.1) is 13.8 Å². The summed E-state index contributed by atoms with van der Waals surface area (Å²) in [6, 6.07) is 15.3. The van der Waals surface area contributed by atoms with Crippen LogP contribution in [0.25, 0.3) is 10.6 Å². The van der Waals surface area contributed by atoms with Crippen molar-refractivity contribution in [1.29, 1.82) is 0 Å². The molecule has 1 amide bonds. The second-order valence-corrected chi connectivity index (χ2v) is 6.84. The van der Waals surface area contributed by atoms with Crippen LogP contribution >= 0.6 is 11.3 Å². The van der Waals surface area contributed by atoms with Gasteiger partial charge in [0.15, 0.2) is 0 Å². The molecule has 0 saturated heterocycles. The molecular formula is C20H20N2O2S. The highest BCUT2D eigenvalue weighted by molar-refractivity contribution is 7.15. The number of hydrogen-bond acceptors (Lipinski definition) is 4. The van der Waals surface area contributed by atoms with Crippen molar-refractivity contribution < 1.29 is 9.53 Å². The van der Waals surface area contributed by atoms with Gasteiger partial charge < -0.3 is 10.1 Å². The van der Waals surface area contributed by atoms with Crippen molar-refractivity contribution in [2.75, 3.05) is 7.11 Å². The van der Waals surface area contributed by atoms with Gasteiger partial charge in [-0.05, 0) is 43.7 Å². The first kappa shape index (κ1) is 17.2. The largest absolute Gasteiger partial charge is 0.497 e. The lowest BCUT2D eigenvalue weighted by Gasteiger charge is -2.05. The first-order chi connectivity index (χ1) is 12.1.